The molecule has 2 aliphatic heterocycles. The Bertz CT molecular complexity index is 851. The second kappa shape index (κ2) is 8.68. The third kappa shape index (κ3) is 4.16. The number of nitro groups is 1. The second-order valence-electron chi connectivity index (χ2n) is 6.90. The molecular formula is C18H23ClN6O3. The molecule has 9 nitrogen and oxygen atoms in total. The number of hydrogen-bond donors (Lipinski definition) is 1. The molecule has 1 unspecified atom stereocenters. The van der Waals surface area contributed by atoms with Crippen LogP contribution < -0.4 is 5.32 Å². The summed E-state index contributed by atoms with van der Waals surface area (Å²) in [6, 6.07) is 8.28. The van der Waals surface area contributed by atoms with E-state index in [1.165, 1.54) is 16.8 Å². The number of hydrogen-bond acceptors (Lipinski definition) is 6. The van der Waals surface area contributed by atoms with E-state index in [1.54, 1.807) is 24.4 Å². The van der Waals surface area contributed by atoms with Crippen LogP contribution in [0.15, 0.2) is 36.5 Å². The summed E-state index contributed by atoms with van der Waals surface area (Å²) in [5, 5.41) is 18.6. The molecule has 10 heteroatoms. The van der Waals surface area contributed by atoms with Crippen molar-refractivity contribution in [2.45, 2.75) is 12.5 Å². The molecule has 0 bridgehead atoms. The summed E-state index contributed by atoms with van der Waals surface area (Å²) in [6.45, 7) is 5.50. The Balaban J connectivity index is 0.00000225. The Morgan fingerprint density at radius 1 is 1.21 bits per heavy atom. The van der Waals surface area contributed by atoms with Crippen LogP contribution in [0.3, 0.4) is 0 Å². The molecule has 0 spiro atoms. The van der Waals surface area contributed by atoms with Crippen LogP contribution in [0.1, 0.15) is 16.9 Å². The van der Waals surface area contributed by atoms with Gasteiger partial charge in [-0.05, 0) is 18.6 Å². The van der Waals surface area contributed by atoms with Gasteiger partial charge >= 0.3 is 0 Å². The number of carbonyl (C=O) groups is 1. The SMILES string of the molecule is Cl.O=C(c1ccn(-c2cccc([N+](=O)[O-])c2)n1)N1CCC(N2CCNCC2)C1. The largest absolute Gasteiger partial charge is 0.336 e. The van der Waals surface area contributed by atoms with Gasteiger partial charge in [-0.1, -0.05) is 6.07 Å². The monoisotopic (exact) mass is 406 g/mol. The summed E-state index contributed by atoms with van der Waals surface area (Å²) in [6.07, 6.45) is 2.65. The molecule has 1 aromatic heterocycles. The zero-order chi connectivity index (χ0) is 18.8. The van der Waals surface area contributed by atoms with Gasteiger partial charge in [0.2, 0.25) is 0 Å². The van der Waals surface area contributed by atoms with Crippen molar-refractivity contribution in [1.82, 2.24) is 24.9 Å². The van der Waals surface area contributed by atoms with E-state index < -0.39 is 4.92 Å². The van der Waals surface area contributed by atoms with Crippen LogP contribution in [0.2, 0.25) is 0 Å². The maximum absolute atomic E-state index is 12.8. The standard InChI is InChI=1S/C18H22N6O3.ClH/c25-18(22-8-4-16(13-22)21-10-6-19-7-11-21)17-5-9-23(20-17)14-2-1-3-15(12-14)24(26)27;/h1-3,5,9,12,16,19H,4,6-8,10-11,13H2;1H. The summed E-state index contributed by atoms with van der Waals surface area (Å²) in [7, 11) is 0. The molecule has 2 fully saturated rings. The highest BCUT2D eigenvalue weighted by Gasteiger charge is 2.32. The molecule has 4 rings (SSSR count). The van der Waals surface area contributed by atoms with Gasteiger partial charge in [-0.15, -0.1) is 12.4 Å². The van der Waals surface area contributed by atoms with E-state index in [0.29, 0.717) is 17.4 Å². The van der Waals surface area contributed by atoms with E-state index >= 15 is 0 Å². The molecule has 1 atom stereocenters. The quantitative estimate of drug-likeness (QED) is 0.607. The molecule has 1 amide bonds. The van der Waals surface area contributed by atoms with Crippen molar-refractivity contribution in [3.63, 3.8) is 0 Å². The van der Waals surface area contributed by atoms with E-state index in [4.69, 9.17) is 0 Å². The molecule has 0 saturated carbocycles. The van der Waals surface area contributed by atoms with Gasteiger partial charge in [-0.2, -0.15) is 5.10 Å². The van der Waals surface area contributed by atoms with Gasteiger partial charge < -0.3 is 10.2 Å². The maximum Gasteiger partial charge on any atom is 0.274 e. The lowest BCUT2D eigenvalue weighted by molar-refractivity contribution is -0.384. The summed E-state index contributed by atoms with van der Waals surface area (Å²) in [4.78, 5) is 27.6. The Morgan fingerprint density at radius 3 is 2.75 bits per heavy atom. The minimum Gasteiger partial charge on any atom is -0.336 e. The Hall–Kier alpha value is -2.49. The molecule has 0 radical (unpaired) electrons. The lowest BCUT2D eigenvalue weighted by Crippen LogP contribution is -2.49. The number of non-ortho nitro benzene ring substituents is 1. The Labute approximate surface area is 168 Å². The van der Waals surface area contributed by atoms with Crippen LogP contribution in [0.25, 0.3) is 5.69 Å². The van der Waals surface area contributed by atoms with Crippen molar-refractivity contribution in [3.05, 3.63) is 52.3 Å². The minimum absolute atomic E-state index is 0. The number of rotatable bonds is 4. The third-order valence-electron chi connectivity index (χ3n) is 5.23. The lowest BCUT2D eigenvalue weighted by Gasteiger charge is -2.32. The van der Waals surface area contributed by atoms with Crippen LogP contribution in [0.5, 0.6) is 0 Å². The van der Waals surface area contributed by atoms with E-state index in [1.807, 2.05) is 4.90 Å². The van der Waals surface area contributed by atoms with Crippen molar-refractivity contribution >= 4 is 24.0 Å². The zero-order valence-electron chi connectivity index (χ0n) is 15.4. The van der Waals surface area contributed by atoms with E-state index in [9.17, 15) is 14.9 Å². The van der Waals surface area contributed by atoms with Crippen LogP contribution in [0.4, 0.5) is 5.69 Å². The predicted molar refractivity (Wildman–Crippen MR) is 106 cm³/mol. The molecule has 2 saturated heterocycles. The highest BCUT2D eigenvalue weighted by Crippen LogP contribution is 2.20. The van der Waals surface area contributed by atoms with Crippen LogP contribution >= 0.6 is 12.4 Å². The number of nitrogens with one attached hydrogen (secondary N) is 1. The lowest BCUT2D eigenvalue weighted by atomic mass is 10.2. The summed E-state index contributed by atoms with van der Waals surface area (Å²) in [5.41, 5.74) is 0.917. The van der Waals surface area contributed by atoms with Gasteiger partial charge in [0, 0.05) is 63.6 Å². The first-order valence-corrected chi connectivity index (χ1v) is 9.16. The smallest absolute Gasteiger partial charge is 0.274 e. The molecule has 1 N–H and O–H groups in total. The fourth-order valence-corrected chi connectivity index (χ4v) is 3.76. The summed E-state index contributed by atoms with van der Waals surface area (Å²) in [5.74, 6) is -0.0863. The summed E-state index contributed by atoms with van der Waals surface area (Å²) < 4.78 is 1.50. The van der Waals surface area contributed by atoms with Crippen molar-refractivity contribution in [3.8, 4) is 5.69 Å². The molecule has 2 aliphatic rings. The first-order chi connectivity index (χ1) is 13.1. The molecule has 28 heavy (non-hydrogen) atoms. The normalized spacial score (nSPS) is 20.0. The molecular weight excluding hydrogens is 384 g/mol. The topological polar surface area (TPSA) is 96.5 Å². The number of halogens is 1. The third-order valence-corrected chi connectivity index (χ3v) is 5.23. The Morgan fingerprint density at radius 2 is 2.00 bits per heavy atom. The summed E-state index contributed by atoms with van der Waals surface area (Å²) >= 11 is 0. The fraction of sp³-hybridized carbons (Fsp3) is 0.444. The van der Waals surface area contributed by atoms with Crippen LogP contribution in [-0.2, 0) is 0 Å². The number of nitrogens with zero attached hydrogens (tertiary/aromatic N) is 5. The van der Waals surface area contributed by atoms with Gasteiger partial charge in [0.25, 0.3) is 11.6 Å². The molecule has 2 aromatic rings. The van der Waals surface area contributed by atoms with Gasteiger partial charge in [0.1, 0.15) is 0 Å². The average molecular weight is 407 g/mol. The highest BCUT2D eigenvalue weighted by atomic mass is 35.5. The molecule has 0 aliphatic carbocycles. The molecule has 150 valence electrons. The number of nitro benzene ring substituents is 1. The zero-order valence-corrected chi connectivity index (χ0v) is 16.2. The van der Waals surface area contributed by atoms with Crippen LogP contribution in [0, 0.1) is 10.1 Å². The van der Waals surface area contributed by atoms with E-state index in [-0.39, 0.29) is 24.0 Å². The number of likely N-dealkylation sites (tertiary alicyclic amines) is 1. The van der Waals surface area contributed by atoms with Crippen molar-refractivity contribution in [1.29, 1.82) is 0 Å². The number of piperazine rings is 1. The molecule has 1 aromatic carbocycles. The van der Waals surface area contributed by atoms with Gasteiger partial charge in [0.15, 0.2) is 5.69 Å². The van der Waals surface area contributed by atoms with Crippen molar-refractivity contribution < 1.29 is 9.72 Å². The minimum atomic E-state index is -0.445. The van der Waals surface area contributed by atoms with Crippen LogP contribution in [-0.4, -0.2) is 75.7 Å². The number of aromatic nitrogens is 2. The average Bonchev–Trinajstić information content (AvgIpc) is 3.38. The first kappa shape index (κ1) is 20.2. The number of amides is 1. The van der Waals surface area contributed by atoms with E-state index in [0.717, 1.165) is 45.7 Å². The van der Waals surface area contributed by atoms with Crippen molar-refractivity contribution in [2.24, 2.45) is 0 Å². The number of benzene rings is 1. The highest BCUT2D eigenvalue weighted by molar-refractivity contribution is 5.92. The van der Waals surface area contributed by atoms with Gasteiger partial charge in [-0.25, -0.2) is 4.68 Å². The second-order valence-corrected chi connectivity index (χ2v) is 6.90. The van der Waals surface area contributed by atoms with Gasteiger partial charge in [0.05, 0.1) is 10.6 Å². The van der Waals surface area contributed by atoms with E-state index in [2.05, 4.69) is 15.3 Å². The maximum atomic E-state index is 12.8. The van der Waals surface area contributed by atoms with Gasteiger partial charge in [-0.3, -0.25) is 19.8 Å². The Kier molecular flexibility index (Phi) is 6.28. The van der Waals surface area contributed by atoms with Crippen molar-refractivity contribution in [2.75, 3.05) is 39.3 Å². The first-order valence-electron chi connectivity index (χ1n) is 9.16. The molecule has 3 heterocycles. The predicted octanol–water partition coefficient (Wildman–Crippen LogP) is 1.32. The fourth-order valence-electron chi connectivity index (χ4n) is 3.76. The number of carbonyl (C=O) groups excluding carboxylic acids is 1.